The fourth-order valence-corrected chi connectivity index (χ4v) is 10.4. The van der Waals surface area contributed by atoms with E-state index in [0.29, 0.717) is 29.3 Å². The van der Waals surface area contributed by atoms with Gasteiger partial charge in [-0.2, -0.15) is 5.10 Å². The Hall–Kier alpha value is -5.15. The Balaban J connectivity index is 0.688. The Morgan fingerprint density at radius 2 is 1.67 bits per heavy atom. The third-order valence-corrected chi connectivity index (χ3v) is 14.1. The van der Waals surface area contributed by atoms with Gasteiger partial charge in [-0.25, -0.2) is 14.4 Å². The fourth-order valence-electron chi connectivity index (χ4n) is 10.4. The first-order valence-corrected chi connectivity index (χ1v) is 22.3. The fraction of sp³-hybridized carbons (Fsp3) is 0.565. The molecule has 3 saturated heterocycles. The maximum absolute atomic E-state index is 16.3. The van der Waals surface area contributed by atoms with E-state index in [0.717, 1.165) is 118 Å². The van der Waals surface area contributed by atoms with Crippen LogP contribution in [0.1, 0.15) is 101 Å². The number of fused-ring (bicyclic) bond motifs is 2. The Kier molecular flexibility index (Phi) is 10.2. The van der Waals surface area contributed by atoms with E-state index >= 15 is 4.39 Å². The lowest BCUT2D eigenvalue weighted by Crippen LogP contribution is -2.60. The normalized spacial score (nSPS) is 25.5. The molecule has 61 heavy (non-hydrogen) atoms. The van der Waals surface area contributed by atoms with Gasteiger partial charge in [0.1, 0.15) is 35.2 Å². The monoisotopic (exact) mass is 833 g/mol. The van der Waals surface area contributed by atoms with Crippen LogP contribution in [0.15, 0.2) is 42.7 Å². The molecule has 3 amide bonds. The van der Waals surface area contributed by atoms with E-state index in [1.807, 2.05) is 18.2 Å². The number of rotatable bonds is 10. The van der Waals surface area contributed by atoms with E-state index in [-0.39, 0.29) is 54.5 Å². The molecule has 4 aliphatic heterocycles. The molecule has 1 atom stereocenters. The number of carbonyl (C=O) groups excluding carboxylic acids is 3. The minimum absolute atomic E-state index is 0.0262. The van der Waals surface area contributed by atoms with Crippen LogP contribution in [0, 0.1) is 11.7 Å². The zero-order valence-electron chi connectivity index (χ0n) is 35.4. The van der Waals surface area contributed by atoms with Gasteiger partial charge in [0.15, 0.2) is 5.82 Å². The van der Waals surface area contributed by atoms with Crippen LogP contribution in [0.5, 0.6) is 5.75 Å². The molecule has 5 fully saturated rings. The number of piperazine rings is 1. The molecule has 4 aromatic rings. The lowest BCUT2D eigenvalue weighted by molar-refractivity contribution is -0.136. The number of halogens is 1. The van der Waals surface area contributed by atoms with E-state index in [9.17, 15) is 14.4 Å². The summed E-state index contributed by atoms with van der Waals surface area (Å²) < 4.78 is 29.2. The van der Waals surface area contributed by atoms with Crippen molar-refractivity contribution in [2.24, 2.45) is 5.92 Å². The minimum Gasteiger partial charge on any atom is -0.488 e. The lowest BCUT2D eigenvalue weighted by Gasteiger charge is -2.49. The molecule has 2 saturated carbocycles. The molecule has 15 heteroatoms. The van der Waals surface area contributed by atoms with Crippen LogP contribution in [-0.2, 0) is 20.9 Å². The van der Waals surface area contributed by atoms with Crippen LogP contribution < -0.4 is 19.9 Å². The molecule has 2 aliphatic carbocycles. The van der Waals surface area contributed by atoms with Crippen molar-refractivity contribution in [1.29, 1.82) is 0 Å². The molecule has 1 unspecified atom stereocenters. The molecular formula is C46H56FN9O5. The Morgan fingerprint density at radius 1 is 0.885 bits per heavy atom. The molecule has 2 aromatic carbocycles. The molecule has 0 radical (unpaired) electrons. The smallest absolute Gasteiger partial charge is 0.255 e. The van der Waals surface area contributed by atoms with Crippen molar-refractivity contribution < 1.29 is 28.2 Å². The van der Waals surface area contributed by atoms with Crippen molar-refractivity contribution in [3.05, 3.63) is 59.7 Å². The molecule has 14 nitrogen and oxygen atoms in total. The van der Waals surface area contributed by atoms with Crippen molar-refractivity contribution in [1.82, 2.24) is 35.3 Å². The summed E-state index contributed by atoms with van der Waals surface area (Å²) >= 11 is 0. The van der Waals surface area contributed by atoms with Gasteiger partial charge in [-0.1, -0.05) is 0 Å². The lowest BCUT2D eigenvalue weighted by atomic mass is 9.86. The van der Waals surface area contributed by atoms with E-state index in [2.05, 4.69) is 67.0 Å². The second-order valence-electron chi connectivity index (χ2n) is 19.1. The number of benzene rings is 2. The largest absolute Gasteiger partial charge is 0.488 e. The van der Waals surface area contributed by atoms with Crippen molar-refractivity contribution >= 4 is 40.1 Å². The number of hydrogen-bond donors (Lipinski definition) is 2. The quantitative estimate of drug-likeness (QED) is 0.182. The van der Waals surface area contributed by atoms with Crippen molar-refractivity contribution in [2.75, 3.05) is 49.1 Å². The summed E-state index contributed by atoms with van der Waals surface area (Å²) in [4.78, 5) is 55.1. The van der Waals surface area contributed by atoms with Crippen LogP contribution in [0.25, 0.3) is 22.3 Å². The zero-order valence-corrected chi connectivity index (χ0v) is 35.4. The van der Waals surface area contributed by atoms with Crippen molar-refractivity contribution in [3.8, 4) is 17.1 Å². The first-order valence-electron chi connectivity index (χ1n) is 22.3. The number of nitrogens with one attached hydrogen (secondary N) is 2. The number of carbonyl (C=O) groups is 3. The van der Waals surface area contributed by atoms with E-state index in [1.54, 1.807) is 18.5 Å². The minimum atomic E-state index is -0.771. The van der Waals surface area contributed by atoms with Gasteiger partial charge in [-0.3, -0.25) is 29.7 Å². The number of anilines is 2. The van der Waals surface area contributed by atoms with Crippen molar-refractivity contribution in [3.63, 3.8) is 0 Å². The summed E-state index contributed by atoms with van der Waals surface area (Å²) in [5.74, 6) is 0.780. The van der Waals surface area contributed by atoms with Gasteiger partial charge in [-0.05, 0) is 115 Å². The van der Waals surface area contributed by atoms with Gasteiger partial charge in [0, 0.05) is 73.8 Å². The first-order chi connectivity index (χ1) is 29.4. The molecule has 0 bridgehead atoms. The van der Waals surface area contributed by atoms with Gasteiger partial charge in [0.25, 0.3) is 5.91 Å². The highest BCUT2D eigenvalue weighted by molar-refractivity contribution is 6.05. The highest BCUT2D eigenvalue weighted by atomic mass is 19.1. The summed E-state index contributed by atoms with van der Waals surface area (Å²) in [6, 6.07) is 10.8. The standard InChI is InChI=1S/C46H56FN9O5/c1-45(2)26-53(20-21-56(45)37-11-9-32-34(41(37)47)25-55(44(32)59)38-12-13-40(57)50-43(38)58)24-28-4-6-29(7-5-28)60-30-14-18-54(19-15-30)39-23-36(48-27-49-39)42-33-22-31(61-46(3)16-17-46)8-10-35(33)51-52-42/h8-11,22-23,27-30,38H,4-7,12-21,24-26H2,1-3H3,(H,51,52)(H,50,57,58). The van der Waals surface area contributed by atoms with E-state index < -0.39 is 17.8 Å². The van der Waals surface area contributed by atoms with Crippen LogP contribution >= 0.6 is 0 Å². The summed E-state index contributed by atoms with van der Waals surface area (Å²) in [6.45, 7) is 11.6. The number of hydrogen-bond acceptors (Lipinski definition) is 11. The molecule has 0 spiro atoms. The number of amides is 3. The molecule has 10 rings (SSSR count). The van der Waals surface area contributed by atoms with Gasteiger partial charge in [0.05, 0.1) is 35.7 Å². The molecule has 2 N–H and O–H groups in total. The number of aromatic amines is 1. The Bertz CT molecular complexity index is 2350. The third-order valence-electron chi connectivity index (χ3n) is 14.1. The second kappa shape index (κ2) is 15.6. The highest BCUT2D eigenvalue weighted by Crippen LogP contribution is 2.41. The maximum Gasteiger partial charge on any atom is 0.255 e. The molecule has 2 aromatic heterocycles. The SMILES string of the molecule is CC1(Oc2ccc3[nH]nc(-c4cc(N5CCC(OC6CCC(CN7CCN(c8ccc9c(c8F)CN(C8CCC(=O)NC8=O)C9=O)C(C)(C)C7)CC6)CC5)ncn4)c3c2)CC1. The Morgan fingerprint density at radius 3 is 2.43 bits per heavy atom. The van der Waals surface area contributed by atoms with Gasteiger partial charge in [0.2, 0.25) is 11.8 Å². The average molecular weight is 834 g/mol. The Labute approximate surface area is 355 Å². The number of imide groups is 1. The van der Waals surface area contributed by atoms with E-state index in [1.165, 1.54) is 4.90 Å². The van der Waals surface area contributed by atoms with Crippen LogP contribution in [-0.4, -0.2) is 116 Å². The number of H-pyrrole nitrogens is 1. The summed E-state index contributed by atoms with van der Waals surface area (Å²) in [5.41, 5.74) is 3.29. The summed E-state index contributed by atoms with van der Waals surface area (Å²) in [7, 11) is 0. The predicted octanol–water partition coefficient (Wildman–Crippen LogP) is 6.00. The number of nitrogens with zero attached hydrogens (tertiary/aromatic N) is 7. The van der Waals surface area contributed by atoms with Gasteiger partial charge >= 0.3 is 0 Å². The summed E-state index contributed by atoms with van der Waals surface area (Å²) in [5, 5.41) is 11.1. The van der Waals surface area contributed by atoms with Crippen LogP contribution in [0.3, 0.4) is 0 Å². The first kappa shape index (κ1) is 40.0. The van der Waals surface area contributed by atoms with Crippen molar-refractivity contribution in [2.45, 2.75) is 121 Å². The average Bonchev–Trinajstić information content (AvgIpc) is 3.66. The summed E-state index contributed by atoms with van der Waals surface area (Å²) in [6.07, 6.45) is 11.1. The van der Waals surface area contributed by atoms with Gasteiger partial charge < -0.3 is 24.2 Å². The van der Waals surface area contributed by atoms with Crippen LogP contribution in [0.2, 0.25) is 0 Å². The molecular weight excluding hydrogens is 778 g/mol. The zero-order chi connectivity index (χ0) is 42.0. The van der Waals surface area contributed by atoms with Gasteiger partial charge in [-0.15, -0.1) is 0 Å². The number of aromatic nitrogens is 4. The molecule has 6 heterocycles. The van der Waals surface area contributed by atoms with Crippen LogP contribution in [0.4, 0.5) is 15.9 Å². The molecule has 322 valence electrons. The third kappa shape index (κ3) is 7.95. The topological polar surface area (TPSA) is 149 Å². The maximum atomic E-state index is 16.3. The second-order valence-corrected chi connectivity index (χ2v) is 19.1. The number of ether oxygens (including phenoxy) is 2. The highest BCUT2D eigenvalue weighted by Gasteiger charge is 2.43. The van der Waals surface area contributed by atoms with E-state index in [4.69, 9.17) is 9.47 Å². The molecule has 6 aliphatic rings. The number of piperidine rings is 2. The predicted molar refractivity (Wildman–Crippen MR) is 228 cm³/mol.